The Morgan fingerprint density at radius 1 is 1.33 bits per heavy atom. The Morgan fingerprint density at radius 2 is 2.00 bits per heavy atom. The maximum Gasteiger partial charge on any atom is 0.156 e. The van der Waals surface area contributed by atoms with Crippen LogP contribution in [-0.4, -0.2) is 24.8 Å². The second-order valence-electron chi connectivity index (χ2n) is 2.74. The summed E-state index contributed by atoms with van der Waals surface area (Å²) >= 11 is 0. The van der Waals surface area contributed by atoms with E-state index in [4.69, 9.17) is 9.47 Å². The molecule has 68 valence electrons. The fourth-order valence-electron chi connectivity index (χ4n) is 1.16. The third-order valence-electron chi connectivity index (χ3n) is 1.72. The van der Waals surface area contributed by atoms with Crippen LogP contribution >= 0.6 is 0 Å². The largest absolute Gasteiger partial charge is 0.342 e. The van der Waals surface area contributed by atoms with Gasteiger partial charge in [-0.2, -0.15) is 0 Å². The van der Waals surface area contributed by atoms with Crippen LogP contribution in [0.25, 0.3) is 0 Å². The van der Waals surface area contributed by atoms with Crippen molar-refractivity contribution in [2.75, 3.05) is 0 Å². The van der Waals surface area contributed by atoms with Crippen LogP contribution in [0, 0.1) is 0 Å². The summed E-state index contributed by atoms with van der Waals surface area (Å²) in [7, 11) is 0. The number of rotatable bonds is 3. The van der Waals surface area contributed by atoms with E-state index in [0.29, 0.717) is 0 Å². The van der Waals surface area contributed by atoms with Gasteiger partial charge >= 0.3 is 0 Å². The van der Waals surface area contributed by atoms with E-state index in [1.54, 1.807) is 6.92 Å². The lowest BCUT2D eigenvalue weighted by Gasteiger charge is -2.04. The minimum atomic E-state index is -0.428. The van der Waals surface area contributed by atoms with Crippen LogP contribution in [-0.2, 0) is 14.3 Å². The predicted octanol–water partition coefficient (Wildman–Crippen LogP) is 1.28. The first-order chi connectivity index (χ1) is 5.77. The van der Waals surface area contributed by atoms with E-state index < -0.39 is 6.10 Å². The zero-order chi connectivity index (χ0) is 8.97. The van der Waals surface area contributed by atoms with Gasteiger partial charge in [-0.05, 0) is 13.3 Å². The maximum absolute atomic E-state index is 10.5. The first kappa shape index (κ1) is 9.42. The Hall–Kier alpha value is -0.670. The highest BCUT2D eigenvalue weighted by Gasteiger charge is 2.31. The highest BCUT2D eigenvalue weighted by molar-refractivity contribution is 5.58. The Bertz CT molecular complexity index is 177. The van der Waals surface area contributed by atoms with Crippen molar-refractivity contribution < 1.29 is 14.3 Å². The summed E-state index contributed by atoms with van der Waals surface area (Å²) in [6.45, 7) is 3.82. The highest BCUT2D eigenvalue weighted by Crippen LogP contribution is 2.18. The molecule has 1 rings (SSSR count). The smallest absolute Gasteiger partial charge is 0.156 e. The number of carbonyl (C=O) groups is 1. The van der Waals surface area contributed by atoms with Crippen molar-refractivity contribution >= 4 is 6.29 Å². The zero-order valence-electron chi connectivity index (χ0n) is 7.40. The summed E-state index contributed by atoms with van der Waals surface area (Å²) in [6, 6.07) is 0. The molecule has 0 aliphatic carbocycles. The van der Waals surface area contributed by atoms with E-state index in [2.05, 4.69) is 0 Å². The Morgan fingerprint density at radius 3 is 2.58 bits per heavy atom. The molecule has 3 atom stereocenters. The molecular formula is C9H14O3. The predicted molar refractivity (Wildman–Crippen MR) is 44.7 cm³/mol. The van der Waals surface area contributed by atoms with Crippen molar-refractivity contribution in [1.82, 2.24) is 0 Å². The van der Waals surface area contributed by atoms with E-state index in [1.807, 2.05) is 19.1 Å². The van der Waals surface area contributed by atoms with Crippen LogP contribution in [0.3, 0.4) is 0 Å². The molecule has 0 unspecified atom stereocenters. The minimum Gasteiger partial charge on any atom is -0.342 e. The molecule has 0 N–H and O–H groups in total. The van der Waals surface area contributed by atoms with Crippen LogP contribution in [0.2, 0.25) is 0 Å². The zero-order valence-corrected chi connectivity index (χ0v) is 7.40. The molecule has 0 spiro atoms. The molecule has 1 aliphatic heterocycles. The molecule has 1 heterocycles. The molecule has 1 aliphatic rings. The topological polar surface area (TPSA) is 35.5 Å². The van der Waals surface area contributed by atoms with Crippen LogP contribution in [0.15, 0.2) is 12.2 Å². The molecule has 1 saturated heterocycles. The summed E-state index contributed by atoms with van der Waals surface area (Å²) in [5, 5.41) is 0. The van der Waals surface area contributed by atoms with E-state index in [-0.39, 0.29) is 12.4 Å². The van der Waals surface area contributed by atoms with Gasteiger partial charge in [0, 0.05) is 0 Å². The van der Waals surface area contributed by atoms with Crippen molar-refractivity contribution in [2.45, 2.75) is 38.8 Å². The Kier molecular flexibility index (Phi) is 3.44. The van der Waals surface area contributed by atoms with Crippen LogP contribution < -0.4 is 0 Å². The van der Waals surface area contributed by atoms with Crippen molar-refractivity contribution in [1.29, 1.82) is 0 Å². The second-order valence-corrected chi connectivity index (χ2v) is 2.74. The SMILES string of the molecule is CC/C=C\[C@@H]1O[C@H](C)O[C@@H]1C=O. The number of carbonyl (C=O) groups excluding carboxylic acids is 1. The van der Waals surface area contributed by atoms with Gasteiger partial charge in [0.15, 0.2) is 12.6 Å². The number of hydrogen-bond acceptors (Lipinski definition) is 3. The number of ether oxygens (including phenoxy) is 2. The summed E-state index contributed by atoms with van der Waals surface area (Å²) < 4.78 is 10.5. The quantitative estimate of drug-likeness (QED) is 0.473. The molecule has 1 fully saturated rings. The first-order valence-corrected chi connectivity index (χ1v) is 4.20. The number of allylic oxidation sites excluding steroid dienone is 1. The van der Waals surface area contributed by atoms with E-state index in [9.17, 15) is 4.79 Å². The first-order valence-electron chi connectivity index (χ1n) is 4.20. The van der Waals surface area contributed by atoms with Gasteiger partial charge in [-0.25, -0.2) is 0 Å². The van der Waals surface area contributed by atoms with Gasteiger partial charge in [0.2, 0.25) is 0 Å². The van der Waals surface area contributed by atoms with Crippen molar-refractivity contribution in [2.24, 2.45) is 0 Å². The van der Waals surface area contributed by atoms with Crippen LogP contribution in [0.5, 0.6) is 0 Å². The normalized spacial score (nSPS) is 36.0. The summed E-state index contributed by atoms with van der Waals surface area (Å²) in [5.74, 6) is 0. The number of hydrogen-bond donors (Lipinski definition) is 0. The standard InChI is InChI=1S/C9H14O3/c1-3-4-5-8-9(6-10)12-7(2)11-8/h4-9H,3H2,1-2H3/b5-4-/t7-,8-,9+/m0/s1. The van der Waals surface area contributed by atoms with Crippen LogP contribution in [0.4, 0.5) is 0 Å². The molecule has 3 heteroatoms. The summed E-state index contributed by atoms with van der Waals surface area (Å²) in [6.07, 6.45) is 4.69. The fraction of sp³-hybridized carbons (Fsp3) is 0.667. The molecule has 0 bridgehead atoms. The fourth-order valence-corrected chi connectivity index (χ4v) is 1.16. The maximum atomic E-state index is 10.5. The second kappa shape index (κ2) is 4.38. The highest BCUT2D eigenvalue weighted by atomic mass is 16.7. The van der Waals surface area contributed by atoms with E-state index in [1.165, 1.54) is 0 Å². The monoisotopic (exact) mass is 170 g/mol. The number of aldehydes is 1. The van der Waals surface area contributed by atoms with E-state index in [0.717, 1.165) is 12.7 Å². The molecule has 0 radical (unpaired) electrons. The molecule has 0 amide bonds. The summed E-state index contributed by atoms with van der Waals surface area (Å²) in [5.41, 5.74) is 0. The van der Waals surface area contributed by atoms with Crippen molar-refractivity contribution in [3.05, 3.63) is 12.2 Å². The van der Waals surface area contributed by atoms with Gasteiger partial charge in [-0.15, -0.1) is 0 Å². The molecule has 3 nitrogen and oxygen atoms in total. The molecule has 0 aromatic carbocycles. The van der Waals surface area contributed by atoms with Gasteiger partial charge in [0.05, 0.1) is 0 Å². The molecule has 0 saturated carbocycles. The molecule has 0 aromatic heterocycles. The molecular weight excluding hydrogens is 156 g/mol. The third-order valence-corrected chi connectivity index (χ3v) is 1.72. The summed E-state index contributed by atoms with van der Waals surface area (Å²) in [4.78, 5) is 10.5. The van der Waals surface area contributed by atoms with Crippen molar-refractivity contribution in [3.63, 3.8) is 0 Å². The molecule has 0 aromatic rings. The van der Waals surface area contributed by atoms with Gasteiger partial charge in [-0.3, -0.25) is 0 Å². The van der Waals surface area contributed by atoms with Gasteiger partial charge in [0.1, 0.15) is 12.2 Å². The van der Waals surface area contributed by atoms with Gasteiger partial charge < -0.3 is 14.3 Å². The lowest BCUT2D eigenvalue weighted by molar-refractivity contribution is -0.118. The lowest BCUT2D eigenvalue weighted by atomic mass is 10.2. The van der Waals surface area contributed by atoms with Gasteiger partial charge in [-0.1, -0.05) is 19.1 Å². The van der Waals surface area contributed by atoms with Gasteiger partial charge in [0.25, 0.3) is 0 Å². The molecule has 12 heavy (non-hydrogen) atoms. The lowest BCUT2D eigenvalue weighted by Crippen LogP contribution is -2.21. The Balaban J connectivity index is 2.51. The van der Waals surface area contributed by atoms with Crippen LogP contribution in [0.1, 0.15) is 20.3 Å². The minimum absolute atomic E-state index is 0.197. The average molecular weight is 170 g/mol. The average Bonchev–Trinajstić information content (AvgIpc) is 2.42. The van der Waals surface area contributed by atoms with Crippen molar-refractivity contribution in [3.8, 4) is 0 Å². The third kappa shape index (κ3) is 2.16. The Labute approximate surface area is 72.4 Å². The van der Waals surface area contributed by atoms with E-state index >= 15 is 0 Å².